The van der Waals surface area contributed by atoms with Crippen LogP contribution in [0.5, 0.6) is 0 Å². The molecule has 1 amide bonds. The van der Waals surface area contributed by atoms with Crippen LogP contribution in [0.3, 0.4) is 0 Å². The summed E-state index contributed by atoms with van der Waals surface area (Å²) in [6, 6.07) is 6.58. The Hall–Kier alpha value is -1.73. The number of H-pyrrole nitrogens is 1. The number of hydrogen-bond donors (Lipinski definition) is 2. The predicted octanol–water partition coefficient (Wildman–Crippen LogP) is 3.83. The highest BCUT2D eigenvalue weighted by Gasteiger charge is 2.35. The minimum atomic E-state index is -4.44. The van der Waals surface area contributed by atoms with Gasteiger partial charge in [-0.3, -0.25) is 4.79 Å². The molecule has 8 heteroatoms. The molecule has 1 aliphatic heterocycles. The second-order valence-corrected chi connectivity index (χ2v) is 6.86. The molecule has 1 aliphatic rings. The third-order valence-electron chi connectivity index (χ3n) is 4.35. The van der Waals surface area contributed by atoms with Gasteiger partial charge in [-0.05, 0) is 56.1 Å². The van der Waals surface area contributed by atoms with Gasteiger partial charge < -0.3 is 15.2 Å². The Morgan fingerprint density at radius 2 is 2.12 bits per heavy atom. The molecule has 1 atom stereocenters. The minimum absolute atomic E-state index is 0.0267. The maximum absolute atomic E-state index is 13.0. The van der Waals surface area contributed by atoms with Crippen molar-refractivity contribution in [3.63, 3.8) is 0 Å². The van der Waals surface area contributed by atoms with Crippen LogP contribution in [-0.2, 0) is 0 Å². The number of piperidine rings is 1. The summed E-state index contributed by atoms with van der Waals surface area (Å²) in [5, 5.41) is 4.37. The Kier molecular flexibility index (Phi) is 5.24. The van der Waals surface area contributed by atoms with Crippen molar-refractivity contribution in [3.05, 3.63) is 35.0 Å². The molecule has 0 bridgehead atoms. The lowest BCUT2D eigenvalue weighted by Gasteiger charge is -2.30. The fourth-order valence-corrected chi connectivity index (χ4v) is 3.40. The lowest BCUT2D eigenvalue weighted by molar-refractivity contribution is -0.141. The second-order valence-electron chi connectivity index (χ2n) is 6.43. The van der Waals surface area contributed by atoms with Crippen molar-refractivity contribution in [2.45, 2.75) is 19.0 Å². The molecule has 0 aliphatic carbocycles. The van der Waals surface area contributed by atoms with Crippen LogP contribution in [0.25, 0.3) is 10.9 Å². The van der Waals surface area contributed by atoms with Crippen molar-refractivity contribution >= 4 is 28.4 Å². The van der Waals surface area contributed by atoms with E-state index in [1.165, 1.54) is 0 Å². The van der Waals surface area contributed by atoms with Gasteiger partial charge in [0.05, 0.1) is 0 Å². The number of halogens is 4. The maximum Gasteiger partial charge on any atom is 0.406 e. The zero-order chi connectivity index (χ0) is 18.0. The Morgan fingerprint density at radius 1 is 1.32 bits per heavy atom. The average Bonchev–Trinajstić information content (AvgIpc) is 2.96. The molecule has 1 aromatic carbocycles. The van der Waals surface area contributed by atoms with E-state index in [-0.39, 0.29) is 18.2 Å². The lowest BCUT2D eigenvalue weighted by atomic mass is 9.99. The molecule has 4 nitrogen and oxygen atoms in total. The molecule has 2 N–H and O–H groups in total. The number of carbonyl (C=O) groups excluding carboxylic acids is 1. The Morgan fingerprint density at radius 3 is 2.80 bits per heavy atom. The topological polar surface area (TPSA) is 48.1 Å². The van der Waals surface area contributed by atoms with Crippen molar-refractivity contribution in [1.29, 1.82) is 0 Å². The van der Waals surface area contributed by atoms with Gasteiger partial charge in [0.15, 0.2) is 0 Å². The molecule has 1 unspecified atom stereocenters. The number of hydrogen-bond acceptors (Lipinski definition) is 2. The van der Waals surface area contributed by atoms with Gasteiger partial charge in [-0.15, -0.1) is 0 Å². The molecule has 1 saturated heterocycles. The molecule has 1 aromatic heterocycles. The van der Waals surface area contributed by atoms with Crippen molar-refractivity contribution in [2.24, 2.45) is 5.92 Å². The highest BCUT2D eigenvalue weighted by atomic mass is 35.5. The first-order valence-corrected chi connectivity index (χ1v) is 8.54. The van der Waals surface area contributed by atoms with E-state index in [4.69, 9.17) is 11.6 Å². The summed E-state index contributed by atoms with van der Waals surface area (Å²) >= 11 is 5.92. The number of amides is 1. The third-order valence-corrected chi connectivity index (χ3v) is 4.58. The van der Waals surface area contributed by atoms with E-state index in [1.807, 2.05) is 0 Å². The predicted molar refractivity (Wildman–Crippen MR) is 90.9 cm³/mol. The van der Waals surface area contributed by atoms with Gasteiger partial charge in [-0.25, -0.2) is 0 Å². The SMILES string of the molecule is O=C(c1cc2cc(Cl)ccc2[nH]1)N(CC1CCCNC1)CC(F)(F)F. The number of alkyl halides is 3. The number of nitrogens with zero attached hydrogens (tertiary/aromatic N) is 1. The average molecular weight is 374 g/mol. The number of rotatable bonds is 4. The van der Waals surface area contributed by atoms with Crippen LogP contribution in [0.1, 0.15) is 23.3 Å². The van der Waals surface area contributed by atoms with Crippen LogP contribution in [0.2, 0.25) is 5.02 Å². The lowest BCUT2D eigenvalue weighted by Crippen LogP contribution is -2.45. The van der Waals surface area contributed by atoms with Crippen molar-refractivity contribution in [3.8, 4) is 0 Å². The summed E-state index contributed by atoms with van der Waals surface area (Å²) in [4.78, 5) is 16.5. The van der Waals surface area contributed by atoms with E-state index in [1.54, 1.807) is 24.3 Å². The molecule has 0 radical (unpaired) electrons. The van der Waals surface area contributed by atoms with Crippen LogP contribution in [0.4, 0.5) is 13.2 Å². The minimum Gasteiger partial charge on any atom is -0.351 e. The van der Waals surface area contributed by atoms with Gasteiger partial charge in [0.25, 0.3) is 5.91 Å². The van der Waals surface area contributed by atoms with E-state index in [0.717, 1.165) is 24.3 Å². The summed E-state index contributed by atoms with van der Waals surface area (Å²) in [5.74, 6) is -0.617. The summed E-state index contributed by atoms with van der Waals surface area (Å²) < 4.78 is 38.9. The number of carbonyl (C=O) groups is 1. The summed E-state index contributed by atoms with van der Waals surface area (Å²) in [6.07, 6.45) is -2.71. The number of benzene rings is 1. The number of aromatic nitrogens is 1. The van der Waals surface area contributed by atoms with Gasteiger partial charge in [0, 0.05) is 22.5 Å². The molecule has 2 aromatic rings. The molecule has 25 heavy (non-hydrogen) atoms. The molecule has 1 fully saturated rings. The maximum atomic E-state index is 13.0. The molecule has 3 rings (SSSR count). The largest absolute Gasteiger partial charge is 0.406 e. The fraction of sp³-hybridized carbons (Fsp3) is 0.471. The van der Waals surface area contributed by atoms with Crippen LogP contribution in [0, 0.1) is 5.92 Å². The van der Waals surface area contributed by atoms with Crippen molar-refractivity contribution < 1.29 is 18.0 Å². The van der Waals surface area contributed by atoms with E-state index < -0.39 is 18.6 Å². The Bertz CT molecular complexity index is 753. The molecule has 0 saturated carbocycles. The summed E-state index contributed by atoms with van der Waals surface area (Å²) in [6.45, 7) is 0.330. The zero-order valence-corrected chi connectivity index (χ0v) is 14.3. The van der Waals surface area contributed by atoms with Crippen LogP contribution < -0.4 is 5.32 Å². The van der Waals surface area contributed by atoms with Crippen molar-refractivity contribution in [2.75, 3.05) is 26.2 Å². The van der Waals surface area contributed by atoms with Gasteiger partial charge in [0.1, 0.15) is 12.2 Å². The van der Waals surface area contributed by atoms with Crippen LogP contribution in [0.15, 0.2) is 24.3 Å². The first-order valence-electron chi connectivity index (χ1n) is 8.17. The van der Waals surface area contributed by atoms with E-state index in [0.29, 0.717) is 22.5 Å². The van der Waals surface area contributed by atoms with Gasteiger partial charge in [0.2, 0.25) is 0 Å². The van der Waals surface area contributed by atoms with E-state index in [2.05, 4.69) is 10.3 Å². The second kappa shape index (κ2) is 7.25. The first-order chi connectivity index (χ1) is 11.8. The van der Waals surface area contributed by atoms with E-state index in [9.17, 15) is 18.0 Å². The zero-order valence-electron chi connectivity index (χ0n) is 13.5. The highest BCUT2D eigenvalue weighted by molar-refractivity contribution is 6.31. The number of aromatic amines is 1. The number of fused-ring (bicyclic) bond motifs is 1. The molecule has 0 spiro atoms. The smallest absolute Gasteiger partial charge is 0.351 e. The molecule has 136 valence electrons. The standard InChI is InChI=1S/C17H19ClF3N3O/c18-13-3-4-14-12(6-13)7-15(23-14)16(25)24(10-17(19,20)21)9-11-2-1-5-22-8-11/h3-4,6-7,11,22-23H,1-2,5,8-10H2. The number of nitrogens with one attached hydrogen (secondary N) is 2. The van der Waals surface area contributed by atoms with Gasteiger partial charge in [-0.2, -0.15) is 13.2 Å². The summed E-state index contributed by atoms with van der Waals surface area (Å²) in [5.41, 5.74) is 0.810. The van der Waals surface area contributed by atoms with Gasteiger partial charge >= 0.3 is 6.18 Å². The van der Waals surface area contributed by atoms with Crippen LogP contribution in [-0.4, -0.2) is 48.1 Å². The van der Waals surface area contributed by atoms with Crippen molar-refractivity contribution in [1.82, 2.24) is 15.2 Å². The normalized spacial score (nSPS) is 18.5. The Balaban J connectivity index is 1.83. The quantitative estimate of drug-likeness (QED) is 0.855. The highest BCUT2D eigenvalue weighted by Crippen LogP contribution is 2.24. The monoisotopic (exact) mass is 373 g/mol. The van der Waals surface area contributed by atoms with E-state index >= 15 is 0 Å². The molecular weight excluding hydrogens is 355 g/mol. The Labute approximate surface area is 148 Å². The molecule has 2 heterocycles. The summed E-state index contributed by atoms with van der Waals surface area (Å²) in [7, 11) is 0. The van der Waals surface area contributed by atoms with Gasteiger partial charge in [-0.1, -0.05) is 11.6 Å². The third kappa shape index (κ3) is 4.67. The first kappa shape index (κ1) is 18.1. The van der Waals surface area contributed by atoms with Crippen LogP contribution >= 0.6 is 11.6 Å². The molecular formula is C17H19ClF3N3O. The fourth-order valence-electron chi connectivity index (χ4n) is 3.22.